The van der Waals surface area contributed by atoms with Crippen LogP contribution >= 0.6 is 0 Å². The maximum Gasteiger partial charge on any atom is 0.349 e. The normalized spacial score (nSPS) is 13.6. The largest absolute Gasteiger partial charge is 0.423 e. The summed E-state index contributed by atoms with van der Waals surface area (Å²) in [5.41, 5.74) is -4.73. The molecule has 0 saturated heterocycles. The van der Waals surface area contributed by atoms with Gasteiger partial charge in [-0.1, -0.05) is 0 Å². The fraction of sp³-hybridized carbons (Fsp3) is 0. The van der Waals surface area contributed by atoms with Crippen LogP contribution in [-0.2, 0) is 9.47 Å². The summed E-state index contributed by atoms with van der Waals surface area (Å²) in [5.74, 6) is -18.3. The summed E-state index contributed by atoms with van der Waals surface area (Å²) in [5, 5.41) is 0. The molecule has 0 unspecified atom stereocenters. The zero-order valence-corrected chi connectivity index (χ0v) is 18.1. The highest BCUT2D eigenvalue weighted by molar-refractivity contribution is 6.15. The van der Waals surface area contributed by atoms with Crippen LogP contribution in [0.15, 0.2) is 36.4 Å². The van der Waals surface area contributed by atoms with Crippen molar-refractivity contribution in [3.63, 3.8) is 0 Å². The van der Waals surface area contributed by atoms with E-state index in [2.05, 4.69) is 18.9 Å². The first-order valence-electron chi connectivity index (χ1n) is 10.1. The van der Waals surface area contributed by atoms with Crippen LogP contribution in [0.25, 0.3) is 0 Å². The van der Waals surface area contributed by atoms with Gasteiger partial charge in [-0.15, -0.1) is 0 Å². The highest BCUT2D eigenvalue weighted by Crippen LogP contribution is 2.30. The van der Waals surface area contributed by atoms with Gasteiger partial charge < -0.3 is 18.9 Å². The van der Waals surface area contributed by atoms with Crippen molar-refractivity contribution in [1.29, 1.82) is 0 Å². The van der Waals surface area contributed by atoms with Crippen LogP contribution in [0.1, 0.15) is 62.1 Å². The first-order valence-corrected chi connectivity index (χ1v) is 10.1. The van der Waals surface area contributed by atoms with Crippen LogP contribution in [0.2, 0.25) is 0 Å². The Kier molecular flexibility index (Phi) is 5.51. The number of fused-ring (bicyclic) bond motifs is 2. The van der Waals surface area contributed by atoms with E-state index in [4.69, 9.17) is 0 Å². The summed E-state index contributed by atoms with van der Waals surface area (Å²) < 4.78 is 76.7. The van der Waals surface area contributed by atoms with Crippen LogP contribution in [0.5, 0.6) is 11.5 Å². The Hall–Kier alpha value is -5.40. The SMILES string of the molecule is O=C1OC(=O)c2cc(OC(=O)c3c(F)c(F)c(C(=O)Oc4ccc5c(c4)C(=O)OC5=O)c(F)c3F)ccc21. The molecule has 0 bridgehead atoms. The van der Waals surface area contributed by atoms with E-state index in [1.165, 1.54) is 0 Å². The second kappa shape index (κ2) is 8.62. The lowest BCUT2D eigenvalue weighted by Gasteiger charge is -2.12. The van der Waals surface area contributed by atoms with Crippen molar-refractivity contribution >= 4 is 35.8 Å². The zero-order chi connectivity index (χ0) is 27.5. The molecule has 0 radical (unpaired) electrons. The Morgan fingerprint density at radius 1 is 0.526 bits per heavy atom. The predicted octanol–water partition coefficient (Wildman–Crippen LogP) is 3.30. The summed E-state index contributed by atoms with van der Waals surface area (Å²) in [4.78, 5) is 70.8. The Bertz CT molecular complexity index is 1530. The maximum absolute atomic E-state index is 14.7. The number of esters is 6. The van der Waals surface area contributed by atoms with Gasteiger partial charge in [-0.2, -0.15) is 0 Å². The van der Waals surface area contributed by atoms with Gasteiger partial charge in [0.2, 0.25) is 0 Å². The molecule has 3 aromatic rings. The molecule has 0 aliphatic carbocycles. The zero-order valence-electron chi connectivity index (χ0n) is 18.1. The third-order valence-corrected chi connectivity index (χ3v) is 5.33. The standard InChI is InChI=1S/C24H6F4O10/c25-15-13(23(33)35-7-1-3-9-11(5-7)21(31)37-19(9)29)16(26)18(28)14(17(15)27)24(34)36-8-2-4-10-12(6-8)22(32)38-20(10)30/h1-6H. The molecule has 0 fully saturated rings. The minimum absolute atomic E-state index is 0.182. The second-order valence-electron chi connectivity index (χ2n) is 7.55. The predicted molar refractivity (Wildman–Crippen MR) is 109 cm³/mol. The van der Waals surface area contributed by atoms with Crippen molar-refractivity contribution in [2.75, 3.05) is 0 Å². The van der Waals surface area contributed by atoms with Crippen LogP contribution < -0.4 is 9.47 Å². The van der Waals surface area contributed by atoms with E-state index in [0.29, 0.717) is 0 Å². The highest BCUT2D eigenvalue weighted by atomic mass is 19.2. The molecule has 0 amide bonds. The van der Waals surface area contributed by atoms with Crippen LogP contribution in [0.3, 0.4) is 0 Å². The minimum Gasteiger partial charge on any atom is -0.423 e. The number of carbonyl (C=O) groups excluding carboxylic acids is 6. The van der Waals surface area contributed by atoms with Gasteiger partial charge in [-0.25, -0.2) is 46.3 Å². The fourth-order valence-corrected chi connectivity index (χ4v) is 3.56. The lowest BCUT2D eigenvalue weighted by Crippen LogP contribution is -2.21. The molecule has 0 aromatic heterocycles. The van der Waals surface area contributed by atoms with Crippen molar-refractivity contribution in [3.05, 3.63) is 93.0 Å². The maximum atomic E-state index is 14.7. The number of hydrogen-bond acceptors (Lipinski definition) is 10. The number of benzene rings is 3. The third kappa shape index (κ3) is 3.75. The van der Waals surface area contributed by atoms with Crippen molar-refractivity contribution < 1.29 is 65.3 Å². The Labute approximate surface area is 206 Å². The Balaban J connectivity index is 1.43. The van der Waals surface area contributed by atoms with Gasteiger partial charge in [-0.05, 0) is 36.4 Å². The fourth-order valence-electron chi connectivity index (χ4n) is 3.56. The summed E-state index contributed by atoms with van der Waals surface area (Å²) >= 11 is 0. The quantitative estimate of drug-likeness (QED) is 0.162. The van der Waals surface area contributed by atoms with E-state index in [-0.39, 0.29) is 22.3 Å². The Morgan fingerprint density at radius 2 is 0.842 bits per heavy atom. The number of rotatable bonds is 4. The van der Waals surface area contributed by atoms with Crippen molar-refractivity contribution in [3.8, 4) is 11.5 Å². The number of halogens is 4. The third-order valence-electron chi connectivity index (χ3n) is 5.33. The molecule has 0 atom stereocenters. The molecule has 0 saturated carbocycles. The highest BCUT2D eigenvalue weighted by Gasteiger charge is 2.36. The van der Waals surface area contributed by atoms with Crippen LogP contribution in [-0.4, -0.2) is 35.8 Å². The minimum atomic E-state index is -2.31. The summed E-state index contributed by atoms with van der Waals surface area (Å²) in [6.45, 7) is 0. The molecule has 0 spiro atoms. The smallest absolute Gasteiger partial charge is 0.349 e. The van der Waals surface area contributed by atoms with Crippen molar-refractivity contribution in [1.82, 2.24) is 0 Å². The number of cyclic esters (lactones) is 4. The number of hydrogen-bond donors (Lipinski definition) is 0. The first-order chi connectivity index (χ1) is 18.0. The molecular weight excluding hydrogens is 524 g/mol. The topological polar surface area (TPSA) is 139 Å². The molecule has 5 rings (SSSR count). The summed E-state index contributed by atoms with van der Waals surface area (Å²) in [6.07, 6.45) is 0. The lowest BCUT2D eigenvalue weighted by molar-refractivity contribution is 0.0425. The number of carbonyl (C=O) groups is 6. The molecule has 2 aliphatic heterocycles. The molecule has 2 heterocycles. The first kappa shape index (κ1) is 24.3. The molecule has 10 nitrogen and oxygen atoms in total. The Morgan fingerprint density at radius 3 is 1.18 bits per heavy atom. The monoisotopic (exact) mass is 530 g/mol. The van der Waals surface area contributed by atoms with Crippen molar-refractivity contribution in [2.24, 2.45) is 0 Å². The average Bonchev–Trinajstić information content (AvgIpc) is 3.31. The van der Waals surface area contributed by atoms with E-state index in [1.54, 1.807) is 0 Å². The van der Waals surface area contributed by atoms with Crippen LogP contribution in [0.4, 0.5) is 17.6 Å². The average molecular weight is 530 g/mol. The van der Waals surface area contributed by atoms with Crippen LogP contribution in [0, 0.1) is 23.3 Å². The van der Waals surface area contributed by atoms with Gasteiger partial charge in [0.25, 0.3) is 0 Å². The van der Waals surface area contributed by atoms with Gasteiger partial charge in [0, 0.05) is 0 Å². The van der Waals surface area contributed by atoms with Gasteiger partial charge >= 0.3 is 35.8 Å². The number of ether oxygens (including phenoxy) is 4. The lowest BCUT2D eigenvalue weighted by atomic mass is 10.1. The van der Waals surface area contributed by atoms with Gasteiger partial charge in [0.1, 0.15) is 22.6 Å². The van der Waals surface area contributed by atoms with E-state index in [0.717, 1.165) is 36.4 Å². The molecule has 0 N–H and O–H groups in total. The molecule has 3 aromatic carbocycles. The molecule has 38 heavy (non-hydrogen) atoms. The van der Waals surface area contributed by atoms with Crippen molar-refractivity contribution in [2.45, 2.75) is 0 Å². The summed E-state index contributed by atoms with van der Waals surface area (Å²) in [6, 6.07) is 5.57. The molecule has 190 valence electrons. The molecular formula is C24H6F4O10. The molecule has 2 aliphatic rings. The van der Waals surface area contributed by atoms with Gasteiger partial charge in [-0.3, -0.25) is 0 Å². The second-order valence-corrected chi connectivity index (χ2v) is 7.55. The van der Waals surface area contributed by atoms with Gasteiger partial charge in [0.15, 0.2) is 23.3 Å². The van der Waals surface area contributed by atoms with E-state index in [1.807, 2.05) is 0 Å². The summed E-state index contributed by atoms with van der Waals surface area (Å²) in [7, 11) is 0. The van der Waals surface area contributed by atoms with E-state index >= 15 is 0 Å². The van der Waals surface area contributed by atoms with E-state index in [9.17, 15) is 46.3 Å². The molecule has 14 heteroatoms. The van der Waals surface area contributed by atoms with E-state index < -0.39 is 81.7 Å². The van der Waals surface area contributed by atoms with Gasteiger partial charge in [0.05, 0.1) is 22.3 Å².